The molecule has 3 nitrogen and oxygen atoms in total. The maximum absolute atomic E-state index is 12.8. The second-order valence-electron chi connectivity index (χ2n) is 7.62. The van der Waals surface area contributed by atoms with E-state index in [0.717, 1.165) is 45.6 Å². The van der Waals surface area contributed by atoms with Gasteiger partial charge in [-0.25, -0.2) is 0 Å². The third-order valence-corrected chi connectivity index (χ3v) is 5.80. The summed E-state index contributed by atoms with van der Waals surface area (Å²) in [7, 11) is 0. The van der Waals surface area contributed by atoms with Gasteiger partial charge < -0.3 is 4.90 Å². The lowest BCUT2D eigenvalue weighted by molar-refractivity contribution is -0.134. The first-order chi connectivity index (χ1) is 12.8. The molecule has 1 aliphatic carbocycles. The van der Waals surface area contributed by atoms with Crippen LogP contribution in [0.1, 0.15) is 29.9 Å². The molecule has 2 aromatic carbocycles. The van der Waals surface area contributed by atoms with Crippen molar-refractivity contribution in [2.24, 2.45) is 5.92 Å². The minimum atomic E-state index is 0.224. The first kappa shape index (κ1) is 17.3. The third kappa shape index (κ3) is 4.16. The van der Waals surface area contributed by atoms with Crippen LogP contribution in [0.2, 0.25) is 0 Å². The predicted molar refractivity (Wildman–Crippen MR) is 105 cm³/mol. The van der Waals surface area contributed by atoms with Gasteiger partial charge in [0.05, 0.1) is 0 Å². The van der Waals surface area contributed by atoms with E-state index in [2.05, 4.69) is 64.4 Å². The number of aryl methyl sites for hydroxylation is 1. The lowest BCUT2D eigenvalue weighted by Crippen LogP contribution is -2.49. The predicted octanol–water partition coefficient (Wildman–Crippen LogP) is 3.57. The number of benzene rings is 2. The molecular formula is C23H28N2O. The van der Waals surface area contributed by atoms with Crippen LogP contribution < -0.4 is 0 Å². The van der Waals surface area contributed by atoms with Crippen molar-refractivity contribution >= 4 is 5.91 Å². The Morgan fingerprint density at radius 2 is 1.54 bits per heavy atom. The Bertz CT molecular complexity index is 708. The average Bonchev–Trinajstić information content (AvgIpc) is 3.50. The van der Waals surface area contributed by atoms with Crippen LogP contribution in [-0.4, -0.2) is 48.4 Å². The Balaban J connectivity index is 1.19. The Morgan fingerprint density at radius 1 is 0.885 bits per heavy atom. The first-order valence-corrected chi connectivity index (χ1v) is 9.91. The Morgan fingerprint density at radius 3 is 2.23 bits per heavy atom. The summed E-state index contributed by atoms with van der Waals surface area (Å²) in [5.41, 5.74) is 2.74. The molecule has 2 aromatic rings. The summed E-state index contributed by atoms with van der Waals surface area (Å²) in [5, 5.41) is 0. The highest BCUT2D eigenvalue weighted by Gasteiger charge is 2.45. The minimum Gasteiger partial charge on any atom is -0.340 e. The zero-order valence-electron chi connectivity index (χ0n) is 15.4. The third-order valence-electron chi connectivity index (χ3n) is 5.80. The van der Waals surface area contributed by atoms with Crippen LogP contribution in [0.25, 0.3) is 0 Å². The van der Waals surface area contributed by atoms with Crippen LogP contribution in [0.4, 0.5) is 0 Å². The molecule has 1 amide bonds. The maximum atomic E-state index is 12.8. The number of amides is 1. The molecule has 26 heavy (non-hydrogen) atoms. The smallest absolute Gasteiger partial charge is 0.226 e. The molecule has 1 saturated carbocycles. The summed E-state index contributed by atoms with van der Waals surface area (Å²) in [4.78, 5) is 17.4. The van der Waals surface area contributed by atoms with Crippen molar-refractivity contribution in [2.45, 2.75) is 25.2 Å². The van der Waals surface area contributed by atoms with Gasteiger partial charge in [-0.3, -0.25) is 9.69 Å². The van der Waals surface area contributed by atoms with Crippen molar-refractivity contribution in [3.05, 3.63) is 71.8 Å². The van der Waals surface area contributed by atoms with Crippen LogP contribution in [0.15, 0.2) is 60.7 Å². The summed E-state index contributed by atoms with van der Waals surface area (Å²) >= 11 is 0. The van der Waals surface area contributed by atoms with E-state index in [1.807, 2.05) is 6.07 Å². The van der Waals surface area contributed by atoms with E-state index in [0.29, 0.717) is 11.8 Å². The Kier molecular flexibility index (Phi) is 5.35. The van der Waals surface area contributed by atoms with Crippen molar-refractivity contribution in [3.63, 3.8) is 0 Å². The second kappa shape index (κ2) is 8.05. The number of rotatable bonds is 6. The minimum absolute atomic E-state index is 0.224. The van der Waals surface area contributed by atoms with Crippen LogP contribution in [0, 0.1) is 5.92 Å². The fraction of sp³-hybridized carbons (Fsp3) is 0.435. The molecule has 1 saturated heterocycles. The topological polar surface area (TPSA) is 23.6 Å². The molecule has 136 valence electrons. The lowest BCUT2D eigenvalue weighted by Gasteiger charge is -2.35. The van der Waals surface area contributed by atoms with E-state index >= 15 is 0 Å². The molecule has 2 aliphatic rings. The summed E-state index contributed by atoms with van der Waals surface area (Å²) in [6.45, 7) is 4.95. The van der Waals surface area contributed by atoms with Gasteiger partial charge in [-0.1, -0.05) is 60.7 Å². The van der Waals surface area contributed by atoms with Gasteiger partial charge in [-0.05, 0) is 42.9 Å². The molecule has 0 aromatic heterocycles. The second-order valence-corrected chi connectivity index (χ2v) is 7.62. The van der Waals surface area contributed by atoms with Gasteiger partial charge >= 0.3 is 0 Å². The highest BCUT2D eigenvalue weighted by atomic mass is 16.2. The number of hydrogen-bond acceptors (Lipinski definition) is 2. The fourth-order valence-corrected chi connectivity index (χ4v) is 4.11. The van der Waals surface area contributed by atoms with Gasteiger partial charge in [0.25, 0.3) is 0 Å². The van der Waals surface area contributed by atoms with E-state index in [1.165, 1.54) is 17.5 Å². The molecule has 0 radical (unpaired) electrons. The molecule has 1 aliphatic heterocycles. The highest BCUT2D eigenvalue weighted by Crippen LogP contribution is 2.48. The monoisotopic (exact) mass is 348 g/mol. The normalized spacial score (nSPS) is 23.0. The number of hydrogen-bond donors (Lipinski definition) is 0. The van der Waals surface area contributed by atoms with E-state index in [9.17, 15) is 4.79 Å². The van der Waals surface area contributed by atoms with Crippen LogP contribution in [0.5, 0.6) is 0 Å². The van der Waals surface area contributed by atoms with Crippen LogP contribution >= 0.6 is 0 Å². The van der Waals surface area contributed by atoms with Gasteiger partial charge in [-0.15, -0.1) is 0 Å². The lowest BCUT2D eigenvalue weighted by atomic mass is 10.1. The molecule has 2 fully saturated rings. The average molecular weight is 348 g/mol. The summed E-state index contributed by atoms with van der Waals surface area (Å²) in [6, 6.07) is 21.2. The highest BCUT2D eigenvalue weighted by molar-refractivity contribution is 5.83. The zero-order valence-corrected chi connectivity index (χ0v) is 15.4. The number of piperazine rings is 1. The largest absolute Gasteiger partial charge is 0.340 e. The molecule has 0 unspecified atom stereocenters. The molecule has 2 atom stereocenters. The molecule has 0 bridgehead atoms. The number of carbonyl (C=O) groups is 1. The van der Waals surface area contributed by atoms with Crippen molar-refractivity contribution in [2.75, 3.05) is 32.7 Å². The molecule has 4 rings (SSSR count). The van der Waals surface area contributed by atoms with Crippen molar-refractivity contribution in [3.8, 4) is 0 Å². The maximum Gasteiger partial charge on any atom is 0.226 e. The molecule has 1 heterocycles. The number of nitrogens with zero attached hydrogens (tertiary/aromatic N) is 2. The van der Waals surface area contributed by atoms with Gasteiger partial charge in [0.2, 0.25) is 5.91 Å². The molecule has 0 N–H and O–H groups in total. The van der Waals surface area contributed by atoms with Crippen molar-refractivity contribution in [1.29, 1.82) is 0 Å². The Labute approximate surface area is 156 Å². The molecule has 0 spiro atoms. The zero-order chi connectivity index (χ0) is 17.8. The summed E-state index contributed by atoms with van der Waals surface area (Å²) in [6.07, 6.45) is 3.36. The van der Waals surface area contributed by atoms with Gasteiger partial charge in [0, 0.05) is 32.1 Å². The SMILES string of the molecule is O=C([C@@H]1C[C@H]1c1ccccc1)N1CCN(CCCc2ccccc2)CC1. The van der Waals surface area contributed by atoms with E-state index in [1.54, 1.807) is 0 Å². The van der Waals surface area contributed by atoms with Gasteiger partial charge in [0.1, 0.15) is 0 Å². The van der Waals surface area contributed by atoms with E-state index in [4.69, 9.17) is 0 Å². The van der Waals surface area contributed by atoms with Crippen LogP contribution in [-0.2, 0) is 11.2 Å². The van der Waals surface area contributed by atoms with Crippen LogP contribution in [0.3, 0.4) is 0 Å². The Hall–Kier alpha value is -2.13. The summed E-state index contributed by atoms with van der Waals surface area (Å²) in [5.74, 6) is 1.05. The first-order valence-electron chi connectivity index (χ1n) is 9.91. The standard InChI is InChI=1S/C23H28N2O/c26-23(22-18-21(22)20-11-5-2-6-12-20)25-16-14-24(15-17-25)13-7-10-19-8-3-1-4-9-19/h1-6,8-9,11-12,21-22H,7,10,13-18H2/t21-,22+/m0/s1. The number of carbonyl (C=O) groups excluding carboxylic acids is 1. The fourth-order valence-electron chi connectivity index (χ4n) is 4.11. The summed E-state index contributed by atoms with van der Waals surface area (Å²) < 4.78 is 0. The molecular weight excluding hydrogens is 320 g/mol. The van der Waals surface area contributed by atoms with Gasteiger partial charge in [0.15, 0.2) is 0 Å². The molecule has 3 heteroatoms. The van der Waals surface area contributed by atoms with Crippen molar-refractivity contribution < 1.29 is 4.79 Å². The van der Waals surface area contributed by atoms with E-state index in [-0.39, 0.29) is 5.92 Å². The van der Waals surface area contributed by atoms with Gasteiger partial charge in [-0.2, -0.15) is 0 Å². The quantitative estimate of drug-likeness (QED) is 0.797. The van der Waals surface area contributed by atoms with Crippen molar-refractivity contribution in [1.82, 2.24) is 9.80 Å². The van der Waals surface area contributed by atoms with E-state index < -0.39 is 0 Å².